The van der Waals surface area contributed by atoms with Gasteiger partial charge in [-0.15, -0.1) is 11.3 Å². The maximum Gasteiger partial charge on any atom is 0.238 e. The van der Waals surface area contributed by atoms with Crippen molar-refractivity contribution in [1.82, 2.24) is 24.1 Å². The van der Waals surface area contributed by atoms with E-state index in [1.807, 2.05) is 97.1 Å². The number of fused-ring (bicyclic) bond motifs is 9. The highest BCUT2D eigenvalue weighted by atomic mass is 32.1. The van der Waals surface area contributed by atoms with E-state index in [0.29, 0.717) is 28.8 Å². The smallest absolute Gasteiger partial charge is 0.238 e. The molecule has 0 saturated heterocycles. The van der Waals surface area contributed by atoms with Crippen molar-refractivity contribution in [3.05, 3.63) is 212 Å². The van der Waals surface area contributed by atoms with Gasteiger partial charge in [0.05, 0.1) is 36.0 Å². The summed E-state index contributed by atoms with van der Waals surface area (Å²) in [7, 11) is 0. The second-order valence-corrected chi connectivity index (χ2v) is 16.6. The predicted octanol–water partition coefficient (Wildman–Crippen LogP) is 15.1. The van der Waals surface area contributed by atoms with Crippen LogP contribution < -0.4 is 0 Å². The fourth-order valence-electron chi connectivity index (χ4n) is 9.11. The number of nitrogens with zero attached hydrogens (tertiary/aromatic N) is 5. The van der Waals surface area contributed by atoms with Crippen molar-refractivity contribution in [2.75, 3.05) is 0 Å². The summed E-state index contributed by atoms with van der Waals surface area (Å²) in [6.07, 6.45) is 0. The molecule has 13 aromatic rings. The van der Waals surface area contributed by atoms with Crippen LogP contribution in [-0.4, -0.2) is 24.1 Å². The number of hydrogen-bond donors (Lipinski definition) is 0. The van der Waals surface area contributed by atoms with Gasteiger partial charge in [0.2, 0.25) is 5.95 Å². The molecular formula is C57H35N5S. The Labute approximate surface area is 374 Å². The average molecular weight is 828 g/mol. The minimum atomic E-state index is -0.168. The minimum absolute atomic E-state index is 0.0284. The van der Waals surface area contributed by atoms with Gasteiger partial charge in [-0.05, 0) is 65.7 Å². The Morgan fingerprint density at radius 2 is 1.02 bits per heavy atom. The Kier molecular flexibility index (Phi) is 6.75. The standard InChI is InChI=1S/C57H35N5S/c1-3-16-36(17-4-1)38-30-32-52-46(34-38)42-22-9-13-28-50(42)62(52)57-59-55(37-18-5-2-6-19-37)58-56(60-57)39-31-33-51(61-48-26-11-7-20-40(48)41-21-8-12-27-49(41)61)47(35-39)45-25-15-24-44-43-23-10-14-29-53(43)63-54(44)45/h1-35H/i7D,8D,20D,21D,26D,27D. The summed E-state index contributed by atoms with van der Waals surface area (Å²) in [6, 6.07) is 57.4. The Balaban J connectivity index is 1.12. The van der Waals surface area contributed by atoms with Crippen LogP contribution in [0.4, 0.5) is 0 Å². The summed E-state index contributed by atoms with van der Waals surface area (Å²) in [4.78, 5) is 15.7. The van der Waals surface area contributed by atoms with Crippen molar-refractivity contribution >= 4 is 75.1 Å². The fourth-order valence-corrected chi connectivity index (χ4v) is 10.3. The van der Waals surface area contributed by atoms with Crippen molar-refractivity contribution in [2.45, 2.75) is 0 Å². The number of benzene rings is 9. The van der Waals surface area contributed by atoms with Crippen LogP contribution in [0.15, 0.2) is 212 Å². The zero-order valence-corrected chi connectivity index (χ0v) is 34.2. The molecule has 0 fully saturated rings. The molecule has 0 N–H and O–H groups in total. The van der Waals surface area contributed by atoms with Crippen LogP contribution in [0, 0.1) is 0 Å². The van der Waals surface area contributed by atoms with E-state index < -0.39 is 0 Å². The molecule has 9 aromatic carbocycles. The van der Waals surface area contributed by atoms with Gasteiger partial charge in [-0.2, -0.15) is 9.97 Å². The van der Waals surface area contributed by atoms with E-state index in [1.54, 1.807) is 15.9 Å². The molecule has 0 radical (unpaired) electrons. The highest BCUT2D eigenvalue weighted by Crippen LogP contribution is 2.44. The molecule has 4 aromatic heterocycles. The van der Waals surface area contributed by atoms with Gasteiger partial charge in [0.15, 0.2) is 11.6 Å². The quantitative estimate of drug-likeness (QED) is 0.168. The Bertz CT molecular complexity index is 4210. The van der Waals surface area contributed by atoms with Gasteiger partial charge >= 0.3 is 0 Å². The van der Waals surface area contributed by atoms with E-state index in [9.17, 15) is 2.74 Å². The predicted molar refractivity (Wildman–Crippen MR) is 263 cm³/mol. The van der Waals surface area contributed by atoms with Crippen LogP contribution in [0.5, 0.6) is 0 Å². The summed E-state index contributed by atoms with van der Waals surface area (Å²) >= 11 is 1.68. The lowest BCUT2D eigenvalue weighted by Crippen LogP contribution is -2.06. The van der Waals surface area contributed by atoms with Crippen LogP contribution in [0.1, 0.15) is 8.22 Å². The summed E-state index contributed by atoms with van der Waals surface area (Å²) in [5.41, 5.74) is 8.39. The van der Waals surface area contributed by atoms with E-state index >= 15 is 0 Å². The van der Waals surface area contributed by atoms with Gasteiger partial charge in [0.1, 0.15) is 0 Å². The van der Waals surface area contributed by atoms with Gasteiger partial charge in [0.25, 0.3) is 0 Å². The molecule has 0 saturated carbocycles. The molecule has 294 valence electrons. The van der Waals surface area contributed by atoms with Gasteiger partial charge in [0, 0.05) is 64.0 Å². The molecule has 0 spiro atoms. The first kappa shape index (κ1) is 29.9. The van der Waals surface area contributed by atoms with Gasteiger partial charge in [-0.25, -0.2) is 4.98 Å². The van der Waals surface area contributed by atoms with E-state index in [2.05, 4.69) is 71.3 Å². The van der Waals surface area contributed by atoms with Crippen LogP contribution in [-0.2, 0) is 0 Å². The molecule has 63 heavy (non-hydrogen) atoms. The van der Waals surface area contributed by atoms with Crippen molar-refractivity contribution in [3.63, 3.8) is 0 Å². The normalized spacial score (nSPS) is 13.1. The zero-order valence-electron chi connectivity index (χ0n) is 39.4. The van der Waals surface area contributed by atoms with Gasteiger partial charge < -0.3 is 4.57 Å². The van der Waals surface area contributed by atoms with Gasteiger partial charge in [-0.3, -0.25) is 4.57 Å². The summed E-state index contributed by atoms with van der Waals surface area (Å²) in [5.74, 6) is 1.35. The average Bonchev–Trinajstić information content (AvgIpc) is 4.06. The molecule has 0 atom stereocenters. The van der Waals surface area contributed by atoms with E-state index in [-0.39, 0.29) is 58.1 Å². The molecule has 0 aliphatic carbocycles. The molecule has 5 nitrogen and oxygen atoms in total. The summed E-state index contributed by atoms with van der Waals surface area (Å²) in [5, 5.41) is 4.71. The monoisotopic (exact) mass is 827 g/mol. The fraction of sp³-hybridized carbons (Fsp3) is 0. The van der Waals surface area contributed by atoms with Gasteiger partial charge in [-0.1, -0.05) is 158 Å². The van der Waals surface area contributed by atoms with Crippen LogP contribution in [0.2, 0.25) is 0 Å². The van der Waals surface area contributed by atoms with E-state index in [4.69, 9.17) is 20.4 Å². The van der Waals surface area contributed by atoms with Crippen molar-refractivity contribution in [1.29, 1.82) is 0 Å². The minimum Gasteiger partial charge on any atom is -0.309 e. The highest BCUT2D eigenvalue weighted by molar-refractivity contribution is 7.26. The third kappa shape index (κ3) is 5.66. The zero-order chi connectivity index (χ0) is 46.7. The molecule has 0 aliphatic heterocycles. The van der Waals surface area contributed by atoms with Crippen LogP contribution >= 0.6 is 11.3 Å². The molecule has 0 unspecified atom stereocenters. The first-order valence-corrected chi connectivity index (χ1v) is 21.5. The summed E-state index contributed by atoms with van der Waals surface area (Å²) < 4.78 is 60.2. The molecule has 0 aliphatic rings. The number of rotatable bonds is 6. The molecule has 0 bridgehead atoms. The molecule has 0 amide bonds. The Hall–Kier alpha value is -8.19. The number of aromatic nitrogens is 5. The molecule has 4 heterocycles. The van der Waals surface area contributed by atoms with Crippen LogP contribution in [0.25, 0.3) is 120 Å². The van der Waals surface area contributed by atoms with E-state index in [1.165, 1.54) is 12.1 Å². The second kappa shape index (κ2) is 14.2. The lowest BCUT2D eigenvalue weighted by atomic mass is 9.98. The third-order valence-corrected chi connectivity index (χ3v) is 13.2. The summed E-state index contributed by atoms with van der Waals surface area (Å²) in [6.45, 7) is 0. The number of thiophene rings is 1. The maximum absolute atomic E-state index is 9.32. The van der Waals surface area contributed by atoms with E-state index in [0.717, 1.165) is 69.8 Å². The first-order valence-electron chi connectivity index (χ1n) is 23.7. The Morgan fingerprint density at radius 3 is 1.79 bits per heavy atom. The lowest BCUT2D eigenvalue weighted by molar-refractivity contribution is 0.953. The largest absolute Gasteiger partial charge is 0.309 e. The Morgan fingerprint density at radius 1 is 0.381 bits per heavy atom. The maximum atomic E-state index is 9.32. The lowest BCUT2D eigenvalue weighted by Gasteiger charge is -2.17. The third-order valence-electron chi connectivity index (χ3n) is 12.0. The van der Waals surface area contributed by atoms with Crippen LogP contribution in [0.3, 0.4) is 0 Å². The molecule has 13 rings (SSSR count). The highest BCUT2D eigenvalue weighted by Gasteiger charge is 2.22. The van der Waals surface area contributed by atoms with Crippen molar-refractivity contribution in [3.8, 4) is 56.7 Å². The molecular weight excluding hydrogens is 787 g/mol. The SMILES string of the molecule is [2H]c1cc([2H])c2c(c1[2H])c1c([2H])c([2H])cc([2H])c1n2-c1ccc(-c2nc(-c3ccccc3)nc(-n3c4ccccc4c4cc(-c5ccccc5)ccc43)n2)cc1-c1cccc2c1sc1ccccc12. The number of hydrogen-bond acceptors (Lipinski definition) is 4. The van der Waals surface area contributed by atoms with Crippen molar-refractivity contribution < 1.29 is 8.22 Å². The first-order chi connectivity index (χ1) is 33.7. The van der Waals surface area contributed by atoms with Crippen molar-refractivity contribution in [2.24, 2.45) is 0 Å². The second-order valence-electron chi connectivity index (χ2n) is 15.5. The topological polar surface area (TPSA) is 48.5 Å². The number of para-hydroxylation sites is 3. The molecule has 6 heteroatoms.